The average molecular weight is 231 g/mol. The molecule has 3 heterocycles. The standard InChI is InChI=1S/C13H17N3O/c1-8-4-9(6-14-5-8)11-7-15-13-10(11)2-3-12(17)16-13/h2-3,7-9,14H,4-6H2,1H3,(H2,15,16,17)/t8-,9+/m1/s1. The van der Waals surface area contributed by atoms with Crippen molar-refractivity contribution in [2.75, 3.05) is 13.1 Å². The van der Waals surface area contributed by atoms with Gasteiger partial charge in [0.1, 0.15) is 5.65 Å². The Labute approximate surface area is 100 Å². The predicted molar refractivity (Wildman–Crippen MR) is 67.2 cm³/mol. The topological polar surface area (TPSA) is 60.9 Å². The number of piperidine rings is 1. The SMILES string of the molecule is C[C@H]1CNC[C@@H](c2c[nH]c3nc(O)ccc23)C1. The van der Waals surface area contributed by atoms with Gasteiger partial charge < -0.3 is 15.4 Å². The van der Waals surface area contributed by atoms with Gasteiger partial charge in [0.2, 0.25) is 5.88 Å². The number of rotatable bonds is 1. The lowest BCUT2D eigenvalue weighted by atomic mass is 9.86. The third kappa shape index (κ3) is 1.89. The molecule has 1 aliphatic rings. The molecule has 0 aliphatic carbocycles. The van der Waals surface area contributed by atoms with E-state index < -0.39 is 0 Å². The van der Waals surface area contributed by atoms with E-state index in [0.29, 0.717) is 11.8 Å². The van der Waals surface area contributed by atoms with Crippen molar-refractivity contribution in [3.63, 3.8) is 0 Å². The zero-order chi connectivity index (χ0) is 11.8. The van der Waals surface area contributed by atoms with Crippen LogP contribution in [0.4, 0.5) is 0 Å². The normalized spacial score (nSPS) is 25.2. The van der Waals surface area contributed by atoms with Crippen LogP contribution in [-0.4, -0.2) is 28.2 Å². The van der Waals surface area contributed by atoms with Crippen molar-refractivity contribution in [3.8, 4) is 5.88 Å². The summed E-state index contributed by atoms with van der Waals surface area (Å²) in [5.74, 6) is 1.32. The molecule has 0 saturated carbocycles. The highest BCUT2D eigenvalue weighted by molar-refractivity contribution is 5.80. The molecule has 0 bridgehead atoms. The number of H-pyrrole nitrogens is 1. The smallest absolute Gasteiger partial charge is 0.212 e. The first kappa shape index (κ1) is 10.6. The molecule has 2 aromatic heterocycles. The molecular formula is C13H17N3O. The number of aromatic hydroxyl groups is 1. The quantitative estimate of drug-likeness (QED) is 0.703. The first-order chi connectivity index (χ1) is 8.24. The number of nitrogens with zero attached hydrogens (tertiary/aromatic N) is 1. The van der Waals surface area contributed by atoms with Crippen LogP contribution in [0, 0.1) is 5.92 Å². The van der Waals surface area contributed by atoms with Gasteiger partial charge in [-0.25, -0.2) is 0 Å². The van der Waals surface area contributed by atoms with Gasteiger partial charge in [0.15, 0.2) is 0 Å². The molecule has 2 atom stereocenters. The first-order valence-electron chi connectivity index (χ1n) is 6.11. The number of aromatic nitrogens is 2. The van der Waals surface area contributed by atoms with Crippen LogP contribution < -0.4 is 5.32 Å². The van der Waals surface area contributed by atoms with Gasteiger partial charge in [-0.3, -0.25) is 0 Å². The van der Waals surface area contributed by atoms with Crippen molar-refractivity contribution < 1.29 is 5.11 Å². The summed E-state index contributed by atoms with van der Waals surface area (Å²) in [5, 5.41) is 13.9. The molecule has 0 amide bonds. The fourth-order valence-electron chi connectivity index (χ4n) is 2.75. The molecule has 1 fully saturated rings. The number of hydrogen-bond donors (Lipinski definition) is 3. The van der Waals surface area contributed by atoms with E-state index in [1.165, 1.54) is 12.0 Å². The number of hydrogen-bond acceptors (Lipinski definition) is 3. The van der Waals surface area contributed by atoms with Crippen molar-refractivity contribution in [3.05, 3.63) is 23.9 Å². The van der Waals surface area contributed by atoms with Gasteiger partial charge in [-0.1, -0.05) is 6.92 Å². The van der Waals surface area contributed by atoms with Gasteiger partial charge in [0.05, 0.1) is 0 Å². The van der Waals surface area contributed by atoms with Gasteiger partial charge in [0.25, 0.3) is 0 Å². The van der Waals surface area contributed by atoms with E-state index in [0.717, 1.165) is 24.1 Å². The van der Waals surface area contributed by atoms with Crippen molar-refractivity contribution in [1.82, 2.24) is 15.3 Å². The highest BCUT2D eigenvalue weighted by Crippen LogP contribution is 2.31. The third-order valence-corrected chi connectivity index (χ3v) is 3.57. The number of aromatic amines is 1. The van der Waals surface area contributed by atoms with Crippen LogP contribution in [-0.2, 0) is 0 Å². The van der Waals surface area contributed by atoms with Crippen LogP contribution in [0.25, 0.3) is 11.0 Å². The molecule has 0 unspecified atom stereocenters. The Kier molecular flexibility index (Phi) is 2.52. The molecule has 90 valence electrons. The van der Waals surface area contributed by atoms with Gasteiger partial charge >= 0.3 is 0 Å². The minimum atomic E-state index is 0.0704. The average Bonchev–Trinajstić information content (AvgIpc) is 2.71. The number of pyridine rings is 1. The molecule has 0 radical (unpaired) electrons. The molecule has 4 nitrogen and oxygen atoms in total. The highest BCUT2D eigenvalue weighted by atomic mass is 16.3. The zero-order valence-corrected chi connectivity index (χ0v) is 9.90. The third-order valence-electron chi connectivity index (χ3n) is 3.57. The maximum Gasteiger partial charge on any atom is 0.212 e. The summed E-state index contributed by atoms with van der Waals surface area (Å²) in [5.41, 5.74) is 2.09. The molecular weight excluding hydrogens is 214 g/mol. The summed E-state index contributed by atoms with van der Waals surface area (Å²) < 4.78 is 0. The fourth-order valence-corrected chi connectivity index (χ4v) is 2.75. The Balaban J connectivity index is 1.99. The van der Waals surface area contributed by atoms with Gasteiger partial charge in [0, 0.05) is 24.2 Å². The van der Waals surface area contributed by atoms with Gasteiger partial charge in [-0.2, -0.15) is 4.98 Å². The zero-order valence-electron chi connectivity index (χ0n) is 9.90. The predicted octanol–water partition coefficient (Wildman–Crippen LogP) is 1.98. The van der Waals surface area contributed by atoms with Crippen molar-refractivity contribution in [2.45, 2.75) is 19.3 Å². The summed E-state index contributed by atoms with van der Waals surface area (Å²) in [7, 11) is 0. The molecule has 1 saturated heterocycles. The van der Waals surface area contributed by atoms with E-state index in [4.69, 9.17) is 0 Å². The van der Waals surface area contributed by atoms with Crippen molar-refractivity contribution in [2.24, 2.45) is 5.92 Å². The molecule has 2 aromatic rings. The number of fused-ring (bicyclic) bond motifs is 1. The van der Waals surface area contributed by atoms with Crippen molar-refractivity contribution >= 4 is 11.0 Å². The summed E-state index contributed by atoms with van der Waals surface area (Å²) in [6.45, 7) is 4.41. The molecule has 3 N–H and O–H groups in total. The molecule has 1 aliphatic heterocycles. The summed E-state index contributed by atoms with van der Waals surface area (Å²) in [6.07, 6.45) is 3.24. The second kappa shape index (κ2) is 4.04. The van der Waals surface area contributed by atoms with Gasteiger partial charge in [-0.05, 0) is 36.4 Å². The van der Waals surface area contributed by atoms with Gasteiger partial charge in [-0.15, -0.1) is 0 Å². The van der Waals surface area contributed by atoms with E-state index >= 15 is 0 Å². The Morgan fingerprint density at radius 3 is 3.06 bits per heavy atom. The van der Waals surface area contributed by atoms with E-state index in [1.807, 2.05) is 12.3 Å². The van der Waals surface area contributed by atoms with Crippen LogP contribution >= 0.6 is 0 Å². The second-order valence-electron chi connectivity index (χ2n) is 5.01. The van der Waals surface area contributed by atoms with Crippen LogP contribution in [0.2, 0.25) is 0 Å². The largest absolute Gasteiger partial charge is 0.493 e. The van der Waals surface area contributed by atoms with E-state index in [9.17, 15) is 5.11 Å². The minimum Gasteiger partial charge on any atom is -0.493 e. The first-order valence-corrected chi connectivity index (χ1v) is 6.11. The second-order valence-corrected chi connectivity index (χ2v) is 5.01. The summed E-state index contributed by atoms with van der Waals surface area (Å²) >= 11 is 0. The lowest BCUT2D eigenvalue weighted by Gasteiger charge is -2.27. The maximum atomic E-state index is 9.35. The Hall–Kier alpha value is -1.55. The molecule has 3 rings (SSSR count). The van der Waals surface area contributed by atoms with E-state index in [2.05, 4.69) is 22.2 Å². The minimum absolute atomic E-state index is 0.0704. The maximum absolute atomic E-state index is 9.35. The van der Waals surface area contributed by atoms with Crippen LogP contribution in [0.5, 0.6) is 5.88 Å². The Morgan fingerprint density at radius 1 is 1.35 bits per heavy atom. The lowest BCUT2D eigenvalue weighted by molar-refractivity contribution is 0.365. The van der Waals surface area contributed by atoms with E-state index in [1.54, 1.807) is 6.07 Å². The highest BCUT2D eigenvalue weighted by Gasteiger charge is 2.22. The summed E-state index contributed by atoms with van der Waals surface area (Å²) in [4.78, 5) is 7.23. The monoisotopic (exact) mass is 231 g/mol. The summed E-state index contributed by atoms with van der Waals surface area (Å²) in [6, 6.07) is 3.60. The number of nitrogens with one attached hydrogen (secondary N) is 2. The van der Waals surface area contributed by atoms with Crippen LogP contribution in [0.1, 0.15) is 24.8 Å². The molecule has 0 aromatic carbocycles. The Morgan fingerprint density at radius 2 is 2.24 bits per heavy atom. The lowest BCUT2D eigenvalue weighted by Crippen LogP contribution is -2.33. The van der Waals surface area contributed by atoms with E-state index in [-0.39, 0.29) is 5.88 Å². The van der Waals surface area contributed by atoms with Crippen LogP contribution in [0.3, 0.4) is 0 Å². The fraction of sp³-hybridized carbons (Fsp3) is 0.462. The molecule has 4 heteroatoms. The molecule has 0 spiro atoms. The van der Waals surface area contributed by atoms with Crippen LogP contribution in [0.15, 0.2) is 18.3 Å². The molecule has 17 heavy (non-hydrogen) atoms. The Bertz CT molecular complexity index is 534. The van der Waals surface area contributed by atoms with Crippen molar-refractivity contribution in [1.29, 1.82) is 0 Å².